The van der Waals surface area contributed by atoms with Crippen LogP contribution in [0.4, 0.5) is 0 Å². The van der Waals surface area contributed by atoms with Crippen LogP contribution in [0.25, 0.3) is 33.6 Å². The Morgan fingerprint density at radius 1 is 0.643 bits per heavy atom. The molecule has 0 aliphatic carbocycles. The maximum Gasteiger partial charge on any atom is 0.0795 e. The minimum absolute atomic E-state index is 0. The first-order valence-electron chi connectivity index (χ1n) is 14.7. The molecule has 0 aliphatic rings. The van der Waals surface area contributed by atoms with Crippen LogP contribution in [0, 0.1) is 12.1 Å². The molecule has 0 saturated heterocycles. The molecule has 0 N–H and O–H groups in total. The number of pyridine rings is 2. The van der Waals surface area contributed by atoms with E-state index in [1.165, 1.54) is 16.3 Å². The number of rotatable bonds is 6. The van der Waals surface area contributed by atoms with Gasteiger partial charge < -0.3 is 9.97 Å². The SMILES string of the molecule is C[Si](C)(C)c1ccc(-c2[c-]ccc(-c3ccccc3)c2)nc1.[2H]C([2H])(c1c[c-]c(-c2ccccn2)cc1)c1ccccc1.[Ir]. The molecule has 0 bridgehead atoms. The quantitative estimate of drug-likeness (QED) is 0.126. The monoisotopic (exact) mass is 741 g/mol. The average Bonchev–Trinajstić information content (AvgIpc) is 3.06. The van der Waals surface area contributed by atoms with Gasteiger partial charge in [0.25, 0.3) is 0 Å². The summed E-state index contributed by atoms with van der Waals surface area (Å²) in [6.07, 6.45) is 2.24. The van der Waals surface area contributed by atoms with Crippen LogP contribution in [-0.2, 0) is 26.5 Å². The molecule has 6 rings (SSSR count). The normalized spacial score (nSPS) is 11.7. The summed E-state index contributed by atoms with van der Waals surface area (Å²) in [6, 6.07) is 47.7. The summed E-state index contributed by atoms with van der Waals surface area (Å²) in [5.41, 5.74) is 7.38. The number of aromatic nitrogens is 2. The van der Waals surface area contributed by atoms with Crippen molar-refractivity contribution in [2.75, 3.05) is 0 Å². The van der Waals surface area contributed by atoms with Crippen molar-refractivity contribution in [2.45, 2.75) is 26.0 Å². The third-order valence-electron chi connectivity index (χ3n) is 6.63. The van der Waals surface area contributed by atoms with Crippen molar-refractivity contribution in [1.29, 1.82) is 0 Å². The van der Waals surface area contributed by atoms with Crippen LogP contribution in [-0.4, -0.2) is 18.0 Å². The van der Waals surface area contributed by atoms with Gasteiger partial charge in [-0.2, -0.15) is 0 Å². The third kappa shape index (κ3) is 8.53. The van der Waals surface area contributed by atoms with Crippen LogP contribution in [0.2, 0.25) is 19.6 Å². The molecule has 4 aromatic carbocycles. The summed E-state index contributed by atoms with van der Waals surface area (Å²) < 4.78 is 16.6. The van der Waals surface area contributed by atoms with Gasteiger partial charge in [-0.3, -0.25) is 0 Å². The van der Waals surface area contributed by atoms with Gasteiger partial charge in [0.2, 0.25) is 0 Å². The third-order valence-corrected chi connectivity index (χ3v) is 8.66. The fourth-order valence-electron chi connectivity index (χ4n) is 4.29. The fourth-order valence-corrected chi connectivity index (χ4v) is 5.33. The molecule has 2 nitrogen and oxygen atoms in total. The fraction of sp³-hybridized carbons (Fsp3) is 0.105. The Hall–Kier alpha value is -3.95. The van der Waals surface area contributed by atoms with E-state index in [2.05, 4.69) is 90.3 Å². The number of benzene rings is 4. The second-order valence-corrected chi connectivity index (χ2v) is 15.8. The standard InChI is InChI=1S/C20H20NSi.C18H14N.Ir/c1-22(2,3)19-12-13-20(21-15-19)18-11-7-10-17(14-18)16-8-5-4-6-9-16;1-2-6-15(7-3-1)14-16-9-11-17(12-10-16)18-8-4-5-13-19-18;/h4-10,12-15H,1-3H3;1-11,13H,14H2;/q2*-1;/i;14D2;. The van der Waals surface area contributed by atoms with E-state index < -0.39 is 14.4 Å². The van der Waals surface area contributed by atoms with E-state index in [1.54, 1.807) is 30.5 Å². The molecule has 0 amide bonds. The largest absolute Gasteiger partial charge is 0.305 e. The van der Waals surface area contributed by atoms with Crippen molar-refractivity contribution in [1.82, 2.24) is 9.97 Å². The van der Waals surface area contributed by atoms with E-state index in [9.17, 15) is 0 Å². The van der Waals surface area contributed by atoms with Crippen molar-refractivity contribution >= 4 is 13.3 Å². The molecule has 211 valence electrons. The predicted molar refractivity (Wildman–Crippen MR) is 175 cm³/mol. The van der Waals surface area contributed by atoms with Crippen LogP contribution in [0.5, 0.6) is 0 Å². The van der Waals surface area contributed by atoms with E-state index in [0.29, 0.717) is 11.1 Å². The van der Waals surface area contributed by atoms with Crippen molar-refractivity contribution in [3.05, 3.63) is 163 Å². The predicted octanol–water partition coefficient (Wildman–Crippen LogP) is 8.90. The van der Waals surface area contributed by atoms with E-state index in [4.69, 9.17) is 2.74 Å². The molecule has 0 unspecified atom stereocenters. The molecular formula is C38H34IrN2Si-2. The van der Waals surface area contributed by atoms with Crippen molar-refractivity contribution < 1.29 is 22.8 Å². The molecule has 0 atom stereocenters. The van der Waals surface area contributed by atoms with Gasteiger partial charge in [-0.25, -0.2) is 0 Å². The summed E-state index contributed by atoms with van der Waals surface area (Å²) in [5, 5.41) is 1.38. The van der Waals surface area contributed by atoms with Crippen LogP contribution in [0.15, 0.2) is 140 Å². The first-order chi connectivity index (χ1) is 20.7. The minimum atomic E-state index is -1.53. The van der Waals surface area contributed by atoms with Crippen LogP contribution in [0.3, 0.4) is 0 Å². The first kappa shape index (κ1) is 28.2. The Morgan fingerprint density at radius 3 is 1.98 bits per heavy atom. The van der Waals surface area contributed by atoms with Gasteiger partial charge in [0, 0.05) is 35.2 Å². The van der Waals surface area contributed by atoms with Crippen molar-refractivity contribution in [2.24, 2.45) is 0 Å². The zero-order chi connectivity index (χ0) is 30.3. The van der Waals surface area contributed by atoms with E-state index in [0.717, 1.165) is 22.5 Å². The molecule has 0 saturated carbocycles. The zero-order valence-electron chi connectivity index (χ0n) is 26.0. The second kappa shape index (κ2) is 14.8. The van der Waals surface area contributed by atoms with E-state index in [-0.39, 0.29) is 20.1 Å². The van der Waals surface area contributed by atoms with Gasteiger partial charge in [-0.1, -0.05) is 110 Å². The summed E-state index contributed by atoms with van der Waals surface area (Å²) in [7, 11) is -1.29. The van der Waals surface area contributed by atoms with Crippen LogP contribution in [0.1, 0.15) is 13.9 Å². The summed E-state index contributed by atoms with van der Waals surface area (Å²) in [4.78, 5) is 8.93. The smallest absolute Gasteiger partial charge is 0.0795 e. The zero-order valence-corrected chi connectivity index (χ0v) is 27.4. The van der Waals surface area contributed by atoms with Gasteiger partial charge in [0.15, 0.2) is 0 Å². The molecule has 1 radical (unpaired) electrons. The van der Waals surface area contributed by atoms with Gasteiger partial charge in [0.1, 0.15) is 0 Å². The number of hydrogen-bond donors (Lipinski definition) is 0. The van der Waals surface area contributed by atoms with Gasteiger partial charge >= 0.3 is 0 Å². The van der Waals surface area contributed by atoms with Gasteiger partial charge in [0.05, 0.1) is 8.07 Å². The Bertz CT molecular complexity index is 1740. The van der Waals surface area contributed by atoms with Gasteiger partial charge in [-0.15, -0.1) is 70.8 Å². The molecule has 0 aliphatic heterocycles. The molecule has 0 spiro atoms. The maximum atomic E-state index is 8.31. The Labute approximate surface area is 267 Å². The van der Waals surface area contributed by atoms with Gasteiger partial charge in [-0.05, 0) is 34.6 Å². The molecular weight excluding hydrogens is 705 g/mol. The van der Waals surface area contributed by atoms with E-state index in [1.807, 2.05) is 60.8 Å². The number of nitrogens with zero attached hydrogens (tertiary/aromatic N) is 2. The van der Waals surface area contributed by atoms with Crippen molar-refractivity contribution in [3.8, 4) is 33.6 Å². The van der Waals surface area contributed by atoms with E-state index >= 15 is 0 Å². The molecule has 2 heterocycles. The summed E-state index contributed by atoms with van der Waals surface area (Å²) in [6.45, 7) is 7.02. The minimum Gasteiger partial charge on any atom is -0.305 e. The maximum absolute atomic E-state index is 8.31. The summed E-state index contributed by atoms with van der Waals surface area (Å²) >= 11 is 0. The first-order valence-corrected chi connectivity index (χ1v) is 17.2. The Kier molecular flexibility index (Phi) is 9.92. The topological polar surface area (TPSA) is 25.8 Å². The van der Waals surface area contributed by atoms with Crippen molar-refractivity contribution in [3.63, 3.8) is 0 Å². The molecule has 2 aromatic heterocycles. The van der Waals surface area contributed by atoms with Crippen LogP contribution >= 0.6 is 0 Å². The second-order valence-electron chi connectivity index (χ2n) is 10.7. The van der Waals surface area contributed by atoms with Crippen LogP contribution < -0.4 is 5.19 Å². The Balaban J connectivity index is 0.000000197. The number of hydrogen-bond acceptors (Lipinski definition) is 2. The Morgan fingerprint density at radius 2 is 1.36 bits per heavy atom. The average molecular weight is 741 g/mol. The molecule has 6 aromatic rings. The molecule has 4 heteroatoms. The molecule has 0 fully saturated rings. The molecule has 42 heavy (non-hydrogen) atoms. The summed E-state index contributed by atoms with van der Waals surface area (Å²) in [5.74, 6) is 0.